The van der Waals surface area contributed by atoms with Crippen LogP contribution in [0.4, 0.5) is 0 Å². The van der Waals surface area contributed by atoms with Gasteiger partial charge >= 0.3 is 0 Å². The summed E-state index contributed by atoms with van der Waals surface area (Å²) in [6.07, 6.45) is 8.86. The molecule has 0 bridgehead atoms. The topological polar surface area (TPSA) is 72.2 Å². The van der Waals surface area contributed by atoms with Crippen LogP contribution in [0, 0.1) is 0 Å². The maximum atomic E-state index is 10.9. The fraction of sp³-hybridized carbons (Fsp3) is 0.818. The van der Waals surface area contributed by atoms with Crippen LogP contribution >= 0.6 is 0 Å². The highest BCUT2D eigenvalue weighted by Crippen LogP contribution is 2.09. The molecule has 0 atom stereocenters. The first-order chi connectivity index (χ1) is 7.66. The Balaban J connectivity index is 3.04. The third-order valence-electron chi connectivity index (χ3n) is 2.61. The highest BCUT2D eigenvalue weighted by molar-refractivity contribution is 6.14. The highest BCUT2D eigenvalue weighted by atomic mass is 28.2. The molecule has 0 aliphatic rings. The minimum absolute atomic E-state index is 0.188. The summed E-state index contributed by atoms with van der Waals surface area (Å²) in [5, 5.41) is 0. The average Bonchev–Trinajstić information content (AvgIpc) is 2.26. The van der Waals surface area contributed by atoms with Gasteiger partial charge in [0.15, 0.2) is 0 Å². The largest absolute Gasteiger partial charge is 0.391 e. The van der Waals surface area contributed by atoms with Crippen molar-refractivity contribution in [2.24, 2.45) is 5.73 Å². The van der Waals surface area contributed by atoms with E-state index in [9.17, 15) is 9.59 Å². The Bertz CT molecular complexity index is 210. The van der Waals surface area contributed by atoms with Gasteiger partial charge in [-0.2, -0.15) is 0 Å². The van der Waals surface area contributed by atoms with Crippen molar-refractivity contribution in [3.05, 3.63) is 0 Å². The van der Waals surface area contributed by atoms with Gasteiger partial charge in [0, 0.05) is 12.8 Å². The average molecular weight is 244 g/mol. The van der Waals surface area contributed by atoms with Crippen LogP contribution in [0.15, 0.2) is 0 Å². The molecule has 0 aromatic heterocycles. The summed E-state index contributed by atoms with van der Waals surface area (Å²) >= 11 is 0. The molecule has 0 radical (unpaired) electrons. The number of carbonyl (C=O) groups is 2. The van der Waals surface area contributed by atoms with E-state index in [1.54, 1.807) is 0 Å². The lowest BCUT2D eigenvalue weighted by molar-refractivity contribution is -0.119. The fourth-order valence-corrected chi connectivity index (χ4v) is 1.84. The van der Waals surface area contributed by atoms with Gasteiger partial charge in [-0.15, -0.1) is 0 Å². The van der Waals surface area contributed by atoms with E-state index in [0.717, 1.165) is 36.1 Å². The van der Waals surface area contributed by atoms with Crippen LogP contribution in [-0.4, -0.2) is 22.2 Å². The quantitative estimate of drug-likeness (QED) is 0.431. The van der Waals surface area contributed by atoms with E-state index in [-0.39, 0.29) is 11.8 Å². The summed E-state index contributed by atoms with van der Waals surface area (Å²) < 4.78 is 0. The molecule has 5 heteroatoms. The van der Waals surface area contributed by atoms with Crippen LogP contribution in [0.25, 0.3) is 0 Å². The molecule has 2 amide bonds. The van der Waals surface area contributed by atoms with Crippen molar-refractivity contribution in [1.82, 2.24) is 4.98 Å². The van der Waals surface area contributed by atoms with Crippen molar-refractivity contribution in [1.29, 1.82) is 0 Å². The summed E-state index contributed by atoms with van der Waals surface area (Å²) in [4.78, 5) is 24.1. The standard InChI is InChI=1S/C11H24N2O2Si/c12-10(14)8-6-4-2-1-3-5-7-9-11(15)13-16/h1-9H2,16H3,(H2,12,14)(H,13,15). The predicted octanol–water partition coefficient (Wildman–Crippen LogP) is 0.379. The Kier molecular flexibility index (Phi) is 10.1. The monoisotopic (exact) mass is 244 g/mol. The molecule has 0 aromatic rings. The van der Waals surface area contributed by atoms with Crippen molar-refractivity contribution in [2.75, 3.05) is 0 Å². The molecule has 0 aliphatic carbocycles. The van der Waals surface area contributed by atoms with Crippen LogP contribution in [0.1, 0.15) is 57.8 Å². The van der Waals surface area contributed by atoms with Crippen LogP contribution in [0.5, 0.6) is 0 Å². The van der Waals surface area contributed by atoms with E-state index >= 15 is 0 Å². The molecule has 0 aliphatic heterocycles. The summed E-state index contributed by atoms with van der Waals surface area (Å²) in [7, 11) is 0.755. The van der Waals surface area contributed by atoms with E-state index in [1.165, 1.54) is 19.3 Å². The second kappa shape index (κ2) is 10.7. The predicted molar refractivity (Wildman–Crippen MR) is 68.8 cm³/mol. The van der Waals surface area contributed by atoms with E-state index in [2.05, 4.69) is 4.98 Å². The Morgan fingerprint density at radius 1 is 0.875 bits per heavy atom. The second-order valence-corrected chi connectivity index (χ2v) is 4.61. The SMILES string of the molecule is NC(=O)CCCCCCCCCC(=O)N[SiH3]. The normalized spacial score (nSPS) is 10.2. The molecule has 4 nitrogen and oxygen atoms in total. The van der Waals surface area contributed by atoms with Crippen LogP contribution in [-0.2, 0) is 9.59 Å². The van der Waals surface area contributed by atoms with Gasteiger partial charge in [-0.05, 0) is 12.8 Å². The minimum atomic E-state index is -0.200. The molecule has 0 aromatic carbocycles. The number of nitrogens with two attached hydrogens (primary N) is 1. The Morgan fingerprint density at radius 3 is 1.75 bits per heavy atom. The van der Waals surface area contributed by atoms with E-state index in [0.29, 0.717) is 12.8 Å². The number of hydrogen-bond donors (Lipinski definition) is 2. The molecule has 0 unspecified atom stereocenters. The third kappa shape index (κ3) is 11.2. The maximum Gasteiger partial charge on any atom is 0.217 e. The zero-order valence-electron chi connectivity index (χ0n) is 10.3. The summed E-state index contributed by atoms with van der Waals surface area (Å²) in [6.45, 7) is 0. The smallest absolute Gasteiger partial charge is 0.217 e. The first kappa shape index (κ1) is 15.2. The molecule has 0 saturated heterocycles. The molecule has 94 valence electrons. The van der Waals surface area contributed by atoms with Crippen molar-refractivity contribution in [3.63, 3.8) is 0 Å². The Hall–Kier alpha value is -0.843. The van der Waals surface area contributed by atoms with Gasteiger partial charge in [0.1, 0.15) is 10.4 Å². The number of hydrogen-bond acceptors (Lipinski definition) is 2. The van der Waals surface area contributed by atoms with E-state index in [1.807, 2.05) is 0 Å². The highest BCUT2D eigenvalue weighted by Gasteiger charge is 1.97. The van der Waals surface area contributed by atoms with Crippen molar-refractivity contribution >= 4 is 22.2 Å². The van der Waals surface area contributed by atoms with Crippen LogP contribution in [0.3, 0.4) is 0 Å². The summed E-state index contributed by atoms with van der Waals surface area (Å²) in [5.74, 6) is -0.0118. The van der Waals surface area contributed by atoms with Gasteiger partial charge < -0.3 is 10.7 Å². The lowest BCUT2D eigenvalue weighted by atomic mass is 10.1. The molecule has 0 spiro atoms. The van der Waals surface area contributed by atoms with Crippen LogP contribution < -0.4 is 10.7 Å². The van der Waals surface area contributed by atoms with Gasteiger partial charge in [-0.3, -0.25) is 9.59 Å². The zero-order valence-corrected chi connectivity index (χ0v) is 12.3. The molecule has 16 heavy (non-hydrogen) atoms. The Morgan fingerprint density at radius 2 is 1.31 bits per heavy atom. The number of carbonyl (C=O) groups excluding carboxylic acids is 2. The maximum absolute atomic E-state index is 10.9. The first-order valence-electron chi connectivity index (χ1n) is 6.15. The third-order valence-corrected chi connectivity index (χ3v) is 3.16. The van der Waals surface area contributed by atoms with Crippen LogP contribution in [0.2, 0.25) is 0 Å². The first-order valence-corrected chi connectivity index (χ1v) is 7.15. The molecule has 0 heterocycles. The van der Waals surface area contributed by atoms with E-state index < -0.39 is 0 Å². The van der Waals surface area contributed by atoms with Crippen molar-refractivity contribution < 1.29 is 9.59 Å². The molecular weight excluding hydrogens is 220 g/mol. The molecular formula is C11H24N2O2Si. The number of amides is 2. The van der Waals surface area contributed by atoms with E-state index in [4.69, 9.17) is 5.73 Å². The zero-order chi connectivity index (χ0) is 12.2. The lowest BCUT2D eigenvalue weighted by Gasteiger charge is -2.01. The Labute approximate surface area is 101 Å². The molecule has 0 fully saturated rings. The van der Waals surface area contributed by atoms with Gasteiger partial charge in [-0.25, -0.2) is 0 Å². The van der Waals surface area contributed by atoms with Crippen molar-refractivity contribution in [3.8, 4) is 0 Å². The minimum Gasteiger partial charge on any atom is -0.391 e. The molecule has 3 N–H and O–H groups in total. The molecule has 0 rings (SSSR count). The summed E-state index contributed by atoms with van der Waals surface area (Å²) in [5.41, 5.74) is 5.04. The number of rotatable bonds is 10. The number of nitrogens with one attached hydrogen (secondary N) is 1. The lowest BCUT2D eigenvalue weighted by Crippen LogP contribution is -2.18. The number of unbranched alkanes of at least 4 members (excludes halogenated alkanes) is 6. The van der Waals surface area contributed by atoms with Gasteiger partial charge in [0.2, 0.25) is 11.8 Å². The second-order valence-electron chi connectivity index (χ2n) is 4.11. The number of primary amides is 1. The van der Waals surface area contributed by atoms with Crippen molar-refractivity contribution in [2.45, 2.75) is 57.8 Å². The summed E-state index contributed by atoms with van der Waals surface area (Å²) in [6, 6.07) is 0. The fourth-order valence-electron chi connectivity index (χ4n) is 1.59. The van der Waals surface area contributed by atoms with Gasteiger partial charge in [-0.1, -0.05) is 32.1 Å². The van der Waals surface area contributed by atoms with Gasteiger partial charge in [0.25, 0.3) is 0 Å². The van der Waals surface area contributed by atoms with Gasteiger partial charge in [0.05, 0.1) is 0 Å². The molecule has 0 saturated carbocycles.